The van der Waals surface area contributed by atoms with Gasteiger partial charge in [-0.15, -0.1) is 0 Å². The summed E-state index contributed by atoms with van der Waals surface area (Å²) in [5.74, 6) is 0.745. The second kappa shape index (κ2) is 17.9. The number of carbonyl (C=O) groups excluding carboxylic acids is 1. The van der Waals surface area contributed by atoms with E-state index >= 15 is 0 Å². The number of hydrogen-bond acceptors (Lipinski definition) is 7. The molecular weight excluding hydrogens is 717 g/mol. The van der Waals surface area contributed by atoms with Gasteiger partial charge in [-0.05, 0) is 94.0 Å². The van der Waals surface area contributed by atoms with Gasteiger partial charge in [-0.2, -0.15) is 5.10 Å². The van der Waals surface area contributed by atoms with Crippen molar-refractivity contribution < 1.29 is 14.3 Å². The maximum Gasteiger partial charge on any atom is 0.143 e. The van der Waals surface area contributed by atoms with Gasteiger partial charge in [0.1, 0.15) is 12.0 Å². The van der Waals surface area contributed by atoms with Crippen LogP contribution in [0.1, 0.15) is 67.3 Å². The average molecular weight is 773 g/mol. The third kappa shape index (κ3) is 8.51. The van der Waals surface area contributed by atoms with Gasteiger partial charge in [-0.25, -0.2) is 0 Å². The number of hydrazone groups is 1. The van der Waals surface area contributed by atoms with Crippen molar-refractivity contribution in [1.82, 2.24) is 9.58 Å². The molecule has 1 aromatic heterocycles. The Morgan fingerprint density at radius 3 is 2.43 bits per heavy atom. The predicted molar refractivity (Wildman–Crippen MR) is 229 cm³/mol. The summed E-state index contributed by atoms with van der Waals surface area (Å²) in [7, 11) is 7.67. The van der Waals surface area contributed by atoms with Crippen molar-refractivity contribution >= 4 is 69.1 Å². The van der Waals surface area contributed by atoms with Crippen molar-refractivity contribution in [2.24, 2.45) is 5.10 Å². The van der Waals surface area contributed by atoms with E-state index in [9.17, 15) is 4.79 Å². The molecule has 3 atom stereocenters. The van der Waals surface area contributed by atoms with Gasteiger partial charge in [0.2, 0.25) is 0 Å². The predicted octanol–water partition coefficient (Wildman–Crippen LogP) is 10.1. The van der Waals surface area contributed by atoms with Crippen LogP contribution >= 0.6 is 23.2 Å². The molecule has 54 heavy (non-hydrogen) atoms. The Balaban J connectivity index is 1.52. The van der Waals surface area contributed by atoms with E-state index in [0.717, 1.165) is 97.8 Å². The third-order valence-corrected chi connectivity index (χ3v) is 11.3. The molecule has 0 N–H and O–H groups in total. The average Bonchev–Trinajstić information content (AvgIpc) is 3.67. The number of hydrogen-bond donors (Lipinski definition) is 0. The standard InChI is InChI=1S/C44H55Cl2N5O3/c1-11-32-15-16-37-39(24-32)50(19-21-53-10)26-40(37)49(9)25-30(5)51-41(27-52)35(14-13-20-54-33-22-28(3)43(46)29(4)23-33)36-17-18-38(45)42(44(36)51)34(12-2)31(6)47-48(7)8/h11-12,15-18,22-24,26-27,30,35,41H,1,13-14,19-21,25H2,2-10H3/b34-12-,47-31-/t30-,35?,41?/m1/s1. The van der Waals surface area contributed by atoms with Gasteiger partial charge in [0.05, 0.1) is 46.9 Å². The normalized spacial score (nSPS) is 16.5. The van der Waals surface area contributed by atoms with Crippen molar-refractivity contribution in [1.29, 1.82) is 0 Å². The lowest BCUT2D eigenvalue weighted by atomic mass is 9.89. The highest BCUT2D eigenvalue weighted by Crippen LogP contribution is 2.50. The van der Waals surface area contributed by atoms with Crippen LogP contribution in [0.3, 0.4) is 0 Å². The molecule has 8 nitrogen and oxygen atoms in total. The van der Waals surface area contributed by atoms with Gasteiger partial charge >= 0.3 is 0 Å². The number of carbonyl (C=O) groups is 1. The highest BCUT2D eigenvalue weighted by atomic mass is 35.5. The lowest BCUT2D eigenvalue weighted by molar-refractivity contribution is -0.109. The summed E-state index contributed by atoms with van der Waals surface area (Å²) in [5.41, 5.74) is 10.1. The number of ether oxygens (including phenoxy) is 2. The fourth-order valence-corrected chi connectivity index (χ4v) is 8.36. The largest absolute Gasteiger partial charge is 0.494 e. The molecule has 1 aliphatic heterocycles. The maximum atomic E-state index is 13.4. The number of methoxy groups -OCH3 is 1. The second-order valence-electron chi connectivity index (χ2n) is 14.5. The van der Waals surface area contributed by atoms with Crippen LogP contribution in [0.2, 0.25) is 10.0 Å². The van der Waals surface area contributed by atoms with Crippen molar-refractivity contribution in [3.8, 4) is 5.75 Å². The maximum absolute atomic E-state index is 13.4. The van der Waals surface area contributed by atoms with Crippen LogP contribution < -0.4 is 14.5 Å². The Hall–Kier alpha value is -4.24. The first-order valence-corrected chi connectivity index (χ1v) is 19.4. The molecule has 1 aliphatic rings. The van der Waals surface area contributed by atoms with Crippen molar-refractivity contribution in [3.05, 3.63) is 99.2 Å². The molecule has 5 rings (SSSR count). The quantitative estimate of drug-likeness (QED) is 0.0461. The number of benzene rings is 3. The number of rotatable bonds is 17. The molecule has 0 spiro atoms. The topological polar surface area (TPSA) is 62.5 Å². The van der Waals surface area contributed by atoms with E-state index in [0.29, 0.717) is 24.8 Å². The molecule has 0 aliphatic carbocycles. The number of aromatic nitrogens is 1. The number of aryl methyl sites for hydroxylation is 2. The van der Waals surface area contributed by atoms with Crippen LogP contribution in [0.4, 0.5) is 11.4 Å². The monoisotopic (exact) mass is 771 g/mol. The molecule has 0 radical (unpaired) electrons. The van der Waals surface area contributed by atoms with Gasteiger partial charge in [-0.3, -0.25) is 0 Å². The third-order valence-electron chi connectivity index (χ3n) is 10.4. The number of aldehydes is 1. The molecule has 10 heteroatoms. The van der Waals surface area contributed by atoms with Gasteiger partial charge in [0.25, 0.3) is 0 Å². The van der Waals surface area contributed by atoms with Gasteiger partial charge in [0, 0.05) is 81.0 Å². The Morgan fingerprint density at radius 2 is 1.80 bits per heavy atom. The second-order valence-corrected chi connectivity index (χ2v) is 15.3. The molecule has 288 valence electrons. The van der Waals surface area contributed by atoms with Crippen LogP contribution in [0, 0.1) is 13.8 Å². The molecule has 0 saturated carbocycles. The molecule has 0 amide bonds. The first-order valence-electron chi connectivity index (χ1n) is 18.7. The van der Waals surface area contributed by atoms with Gasteiger partial charge in [0.15, 0.2) is 0 Å². The van der Waals surface area contributed by atoms with E-state index < -0.39 is 6.04 Å². The van der Waals surface area contributed by atoms with E-state index in [4.69, 9.17) is 37.8 Å². The smallest absolute Gasteiger partial charge is 0.143 e. The zero-order valence-electron chi connectivity index (χ0n) is 33.2. The lowest BCUT2D eigenvalue weighted by Gasteiger charge is -2.36. The number of fused-ring (bicyclic) bond motifs is 2. The Bertz CT molecular complexity index is 2030. The molecule has 0 bridgehead atoms. The number of nitrogens with zero attached hydrogens (tertiary/aromatic N) is 5. The molecule has 2 unspecified atom stereocenters. The van der Waals surface area contributed by atoms with Crippen molar-refractivity contribution in [3.63, 3.8) is 0 Å². The van der Waals surface area contributed by atoms with Crippen LogP contribution in [-0.4, -0.2) is 81.7 Å². The molecule has 0 saturated heterocycles. The minimum atomic E-state index is -0.400. The summed E-state index contributed by atoms with van der Waals surface area (Å²) in [6.07, 6.45) is 8.79. The summed E-state index contributed by atoms with van der Waals surface area (Å²) < 4.78 is 13.9. The van der Waals surface area contributed by atoms with Crippen molar-refractivity contribution in [2.75, 3.05) is 57.8 Å². The fourth-order valence-electron chi connectivity index (χ4n) is 7.99. The highest BCUT2D eigenvalue weighted by Gasteiger charge is 2.43. The molecular formula is C44H55Cl2N5O3. The molecule has 4 aromatic rings. The summed E-state index contributed by atoms with van der Waals surface area (Å²) in [5, 5.41) is 9.10. The molecule has 0 fully saturated rings. The van der Waals surface area contributed by atoms with E-state index in [1.807, 2.05) is 66.1 Å². The van der Waals surface area contributed by atoms with Crippen LogP contribution in [-0.2, 0) is 16.1 Å². The highest BCUT2D eigenvalue weighted by molar-refractivity contribution is 6.36. The summed E-state index contributed by atoms with van der Waals surface area (Å²) in [6.45, 7) is 16.7. The summed E-state index contributed by atoms with van der Waals surface area (Å²) in [6, 6.07) is 14.0. The zero-order valence-corrected chi connectivity index (χ0v) is 34.8. The minimum absolute atomic E-state index is 0.0592. The zero-order chi connectivity index (χ0) is 39.3. The lowest BCUT2D eigenvalue weighted by Crippen LogP contribution is -2.47. The number of likely N-dealkylation sites (N-methyl/N-ethyl adjacent to an activating group) is 1. The minimum Gasteiger partial charge on any atom is -0.494 e. The molecule has 2 heterocycles. The number of allylic oxidation sites excluding steroid dienone is 2. The summed E-state index contributed by atoms with van der Waals surface area (Å²) >= 11 is 13.6. The Kier molecular flexibility index (Phi) is 13.6. The Morgan fingerprint density at radius 1 is 1.07 bits per heavy atom. The fraction of sp³-hybridized carbons (Fsp3) is 0.409. The summed E-state index contributed by atoms with van der Waals surface area (Å²) in [4.78, 5) is 18.0. The number of anilines is 2. The van der Waals surface area contributed by atoms with E-state index in [1.54, 1.807) is 12.1 Å². The first-order chi connectivity index (χ1) is 25.8. The van der Waals surface area contributed by atoms with E-state index in [-0.39, 0.29) is 12.0 Å². The van der Waals surface area contributed by atoms with Crippen LogP contribution in [0.25, 0.3) is 22.6 Å². The van der Waals surface area contributed by atoms with Gasteiger partial charge in [-0.1, -0.05) is 60.1 Å². The van der Waals surface area contributed by atoms with Crippen LogP contribution in [0.5, 0.6) is 5.75 Å². The van der Waals surface area contributed by atoms with E-state index in [1.165, 1.54) is 0 Å². The number of halogens is 2. The Labute approximate surface area is 331 Å². The van der Waals surface area contributed by atoms with Crippen LogP contribution in [0.15, 0.2) is 66.4 Å². The SMILES string of the molecule is C=Cc1ccc2c(N(C)C[C@@H](C)N3c4c(ccc(Cl)c4C(=C\C)/C(C)=N\N(C)C)C(CCCOc4cc(C)c(Cl)c(C)c4)C3C=O)cn(CCOC)c2c1. The first kappa shape index (κ1) is 40.9. The van der Waals surface area contributed by atoms with Gasteiger partial charge < -0.3 is 33.6 Å². The van der Waals surface area contributed by atoms with E-state index in [2.05, 4.69) is 71.5 Å². The molecule has 3 aromatic carbocycles. The van der Waals surface area contributed by atoms with Crippen molar-refractivity contribution in [2.45, 2.75) is 72.0 Å².